The summed E-state index contributed by atoms with van der Waals surface area (Å²) in [5, 5.41) is 0. The van der Waals surface area contributed by atoms with Crippen LogP contribution in [0.3, 0.4) is 0 Å². The molecule has 2 unspecified atom stereocenters. The Morgan fingerprint density at radius 3 is 1.73 bits per heavy atom. The number of esters is 5. The van der Waals surface area contributed by atoms with E-state index in [2.05, 4.69) is 0 Å². The van der Waals surface area contributed by atoms with Gasteiger partial charge in [-0.1, -0.05) is 0 Å². The van der Waals surface area contributed by atoms with Crippen LogP contribution in [-0.4, -0.2) is 60.7 Å². The first-order chi connectivity index (χ1) is 12.0. The van der Waals surface area contributed by atoms with Gasteiger partial charge in [0.2, 0.25) is 12.4 Å². The average molecular weight is 376 g/mol. The largest absolute Gasteiger partial charge is 0.461 e. The van der Waals surface area contributed by atoms with Gasteiger partial charge in [-0.25, -0.2) is 0 Å². The lowest BCUT2D eigenvalue weighted by Crippen LogP contribution is -2.58. The van der Waals surface area contributed by atoms with Gasteiger partial charge in [0.15, 0.2) is 0 Å². The minimum Gasteiger partial charge on any atom is -0.461 e. The van der Waals surface area contributed by atoms with Crippen LogP contribution in [0.4, 0.5) is 0 Å². The van der Waals surface area contributed by atoms with Crippen molar-refractivity contribution in [3.8, 4) is 0 Å². The maximum absolute atomic E-state index is 11.6. The molecule has 1 heterocycles. The number of ether oxygens (including phenoxy) is 6. The zero-order valence-electron chi connectivity index (χ0n) is 14.9. The van der Waals surface area contributed by atoms with Crippen molar-refractivity contribution in [3.63, 3.8) is 0 Å². The fourth-order valence-electron chi connectivity index (χ4n) is 2.31. The zero-order valence-corrected chi connectivity index (χ0v) is 14.9. The predicted molar refractivity (Wildman–Crippen MR) is 78.9 cm³/mol. The molecular formula is C15H20O11. The molecule has 26 heavy (non-hydrogen) atoms. The van der Waals surface area contributed by atoms with E-state index in [1.54, 1.807) is 0 Å². The minimum absolute atomic E-state index is 0.685. The van der Waals surface area contributed by atoms with Crippen LogP contribution in [0.25, 0.3) is 0 Å². The Bertz CT molecular complexity index is 598. The van der Waals surface area contributed by atoms with E-state index in [0.29, 0.717) is 0 Å². The summed E-state index contributed by atoms with van der Waals surface area (Å²) in [6.07, 6.45) is -4.80. The molecular weight excluding hydrogens is 356 g/mol. The molecule has 1 aliphatic heterocycles. The van der Waals surface area contributed by atoms with E-state index in [9.17, 15) is 24.0 Å². The van der Waals surface area contributed by atoms with E-state index in [1.807, 2.05) is 0 Å². The Morgan fingerprint density at radius 2 is 1.31 bits per heavy atom. The average Bonchev–Trinajstić information content (AvgIpc) is 2.69. The third kappa shape index (κ3) is 5.41. The fraction of sp³-hybridized carbons (Fsp3) is 0.667. The summed E-state index contributed by atoms with van der Waals surface area (Å²) in [6.45, 7) is 4.59. The van der Waals surface area contributed by atoms with Crippen LogP contribution in [0.1, 0.15) is 34.6 Å². The predicted octanol–water partition coefficient (Wildman–Crippen LogP) is -0.408. The Balaban J connectivity index is 3.41. The Morgan fingerprint density at radius 1 is 0.769 bits per heavy atom. The lowest BCUT2D eigenvalue weighted by Gasteiger charge is -2.34. The lowest BCUT2D eigenvalue weighted by molar-refractivity contribution is -0.240. The van der Waals surface area contributed by atoms with Crippen LogP contribution >= 0.6 is 0 Å². The molecule has 0 bridgehead atoms. The molecule has 146 valence electrons. The normalized spacial score (nSPS) is 27.2. The molecule has 1 saturated heterocycles. The molecule has 1 fully saturated rings. The van der Waals surface area contributed by atoms with Crippen molar-refractivity contribution >= 4 is 29.8 Å². The molecule has 0 N–H and O–H groups in total. The highest BCUT2D eigenvalue weighted by atomic mass is 16.8. The SMILES string of the molecule is CC(=O)OC[C@]1(OC(C)=O)C(OC(C)=O)OC(OC(C)=O)[C@@H]1OC(C)=O. The molecule has 0 amide bonds. The molecule has 0 aliphatic carbocycles. The summed E-state index contributed by atoms with van der Waals surface area (Å²) >= 11 is 0. The molecule has 1 aliphatic rings. The third-order valence-electron chi connectivity index (χ3n) is 3.07. The molecule has 1 rings (SSSR count). The Hall–Kier alpha value is -2.69. The number of hydrogen-bond donors (Lipinski definition) is 0. The molecule has 0 saturated carbocycles. The van der Waals surface area contributed by atoms with Crippen molar-refractivity contribution in [2.45, 2.75) is 58.9 Å². The summed E-state index contributed by atoms with van der Waals surface area (Å²) in [5.74, 6) is -4.10. The highest BCUT2D eigenvalue weighted by Gasteiger charge is 2.66. The maximum atomic E-state index is 11.6. The standard InChI is InChI=1S/C15H20O11/c1-7(16)21-6-15(26-11(5)20)12(22-8(2)17)13(23-9(3)18)25-14(15)24-10(4)19/h12-14H,6H2,1-5H3/t12-,13?,14?,15+/m0/s1. The van der Waals surface area contributed by atoms with Gasteiger partial charge >= 0.3 is 29.8 Å². The van der Waals surface area contributed by atoms with Crippen LogP contribution in [0.2, 0.25) is 0 Å². The second-order valence-electron chi connectivity index (χ2n) is 5.41. The molecule has 4 atom stereocenters. The first-order valence-corrected chi connectivity index (χ1v) is 7.48. The summed E-state index contributed by atoms with van der Waals surface area (Å²) in [5.41, 5.74) is -2.07. The zero-order chi connectivity index (χ0) is 20.1. The maximum Gasteiger partial charge on any atom is 0.305 e. The van der Waals surface area contributed by atoms with Gasteiger partial charge < -0.3 is 23.7 Å². The van der Waals surface area contributed by atoms with E-state index in [1.165, 1.54) is 0 Å². The van der Waals surface area contributed by atoms with Gasteiger partial charge in [-0.15, -0.1) is 0 Å². The van der Waals surface area contributed by atoms with Crippen LogP contribution in [0.15, 0.2) is 0 Å². The van der Waals surface area contributed by atoms with E-state index in [-0.39, 0.29) is 0 Å². The first-order valence-electron chi connectivity index (χ1n) is 7.48. The van der Waals surface area contributed by atoms with Crippen molar-refractivity contribution in [2.75, 3.05) is 6.61 Å². The topological polar surface area (TPSA) is 141 Å². The van der Waals surface area contributed by atoms with Gasteiger partial charge in [-0.3, -0.25) is 28.7 Å². The van der Waals surface area contributed by atoms with Gasteiger partial charge in [0.25, 0.3) is 11.9 Å². The highest BCUT2D eigenvalue weighted by Crippen LogP contribution is 2.39. The number of hydrogen-bond acceptors (Lipinski definition) is 11. The van der Waals surface area contributed by atoms with Crippen LogP contribution in [-0.2, 0) is 52.4 Å². The highest BCUT2D eigenvalue weighted by molar-refractivity contribution is 5.70. The Labute approximate surface area is 148 Å². The van der Waals surface area contributed by atoms with Crippen molar-refractivity contribution in [2.24, 2.45) is 0 Å². The second kappa shape index (κ2) is 8.61. The molecule has 0 aromatic rings. The van der Waals surface area contributed by atoms with E-state index < -0.39 is 60.7 Å². The first kappa shape index (κ1) is 21.4. The monoisotopic (exact) mass is 376 g/mol. The van der Waals surface area contributed by atoms with E-state index >= 15 is 0 Å². The van der Waals surface area contributed by atoms with Crippen molar-refractivity contribution in [1.82, 2.24) is 0 Å². The molecule has 0 aromatic carbocycles. The Kier molecular flexibility index (Phi) is 7.07. The summed E-state index contributed by atoms with van der Waals surface area (Å²) < 4.78 is 30.4. The molecule has 0 aromatic heterocycles. The summed E-state index contributed by atoms with van der Waals surface area (Å²) in [4.78, 5) is 57.1. The summed E-state index contributed by atoms with van der Waals surface area (Å²) in [7, 11) is 0. The second-order valence-corrected chi connectivity index (χ2v) is 5.41. The smallest absolute Gasteiger partial charge is 0.305 e. The van der Waals surface area contributed by atoms with Gasteiger partial charge in [0.05, 0.1) is 0 Å². The summed E-state index contributed by atoms with van der Waals surface area (Å²) in [6, 6.07) is 0. The molecule has 0 spiro atoms. The molecule has 11 nitrogen and oxygen atoms in total. The van der Waals surface area contributed by atoms with Crippen LogP contribution in [0, 0.1) is 0 Å². The molecule has 0 radical (unpaired) electrons. The number of carbonyl (C=O) groups is 5. The van der Waals surface area contributed by atoms with Crippen LogP contribution in [0.5, 0.6) is 0 Å². The minimum atomic E-state index is -2.07. The lowest BCUT2D eigenvalue weighted by atomic mass is 9.98. The van der Waals surface area contributed by atoms with Gasteiger partial charge in [0, 0.05) is 34.6 Å². The third-order valence-corrected chi connectivity index (χ3v) is 3.07. The van der Waals surface area contributed by atoms with Crippen molar-refractivity contribution < 1.29 is 52.4 Å². The number of rotatable bonds is 6. The van der Waals surface area contributed by atoms with Crippen molar-refractivity contribution in [3.05, 3.63) is 0 Å². The molecule has 11 heteroatoms. The van der Waals surface area contributed by atoms with Gasteiger partial charge in [-0.2, -0.15) is 0 Å². The fourth-order valence-corrected chi connectivity index (χ4v) is 2.31. The van der Waals surface area contributed by atoms with Crippen molar-refractivity contribution in [1.29, 1.82) is 0 Å². The van der Waals surface area contributed by atoms with E-state index in [0.717, 1.165) is 34.6 Å². The van der Waals surface area contributed by atoms with E-state index in [4.69, 9.17) is 28.4 Å². The quantitative estimate of drug-likeness (QED) is 0.441. The van der Waals surface area contributed by atoms with Crippen LogP contribution < -0.4 is 0 Å². The van der Waals surface area contributed by atoms with Gasteiger partial charge in [0.1, 0.15) is 6.61 Å². The number of carbonyl (C=O) groups excluding carboxylic acids is 5. The van der Waals surface area contributed by atoms with Gasteiger partial charge in [-0.05, 0) is 0 Å².